The molecule has 0 spiro atoms. The molecule has 0 saturated carbocycles. The second kappa shape index (κ2) is 11.2. The Morgan fingerprint density at radius 3 is 1.81 bits per heavy atom. The van der Waals surface area contributed by atoms with Crippen molar-refractivity contribution >= 4 is 40.5 Å². The van der Waals surface area contributed by atoms with Crippen LogP contribution in [0.4, 0.5) is 5.69 Å². The van der Waals surface area contributed by atoms with Gasteiger partial charge in [0.2, 0.25) is 0 Å². The van der Waals surface area contributed by atoms with Gasteiger partial charge in [0.1, 0.15) is 5.75 Å². The molecule has 2 rings (SSSR count). The Hall–Kier alpha value is -0.337. The van der Waals surface area contributed by atoms with Crippen molar-refractivity contribution in [2.75, 3.05) is 0 Å². The van der Waals surface area contributed by atoms with E-state index in [1.807, 2.05) is 18.2 Å². The van der Waals surface area contributed by atoms with Gasteiger partial charge in [-0.15, -0.1) is 0 Å². The third-order valence-corrected chi connectivity index (χ3v) is 5.34. The third-order valence-electron chi connectivity index (χ3n) is 4.95. The first kappa shape index (κ1) is 28.7. The maximum absolute atomic E-state index is 10.7. The second-order valence-electron chi connectivity index (χ2n) is 10.7. The van der Waals surface area contributed by atoms with Gasteiger partial charge in [-0.1, -0.05) is 92.1 Å². The quantitative estimate of drug-likeness (QED) is 0.364. The Labute approximate surface area is 212 Å². The normalized spacial score (nSPS) is 12.5. The van der Waals surface area contributed by atoms with Crippen molar-refractivity contribution in [3.05, 3.63) is 57.6 Å². The molecule has 0 fully saturated rings. The zero-order chi connectivity index (χ0) is 24.2. The molecule has 0 aliphatic heterocycles. The van der Waals surface area contributed by atoms with Gasteiger partial charge in [0.15, 0.2) is 0 Å². The van der Waals surface area contributed by atoms with Gasteiger partial charge in [0.05, 0.1) is 10.7 Å². The van der Waals surface area contributed by atoms with E-state index in [4.69, 9.17) is 33.6 Å². The molecule has 0 saturated heterocycles. The Kier molecular flexibility index (Phi) is 10.4. The van der Waals surface area contributed by atoms with Crippen LogP contribution in [0.25, 0.3) is 0 Å². The van der Waals surface area contributed by atoms with E-state index in [-0.39, 0.29) is 22.0 Å². The molecule has 0 amide bonds. The van der Waals surface area contributed by atoms with Crippen molar-refractivity contribution in [3.63, 3.8) is 0 Å². The summed E-state index contributed by atoms with van der Waals surface area (Å²) < 4.78 is 0. The van der Waals surface area contributed by atoms with Crippen LogP contribution in [0.2, 0.25) is 5.02 Å². The molecule has 0 radical (unpaired) electrons. The minimum absolute atomic E-state index is 0.0108. The number of phenols is 1. The van der Waals surface area contributed by atoms with Crippen LogP contribution in [-0.4, -0.2) is 11.3 Å². The molecule has 170 valence electrons. The van der Waals surface area contributed by atoms with Crippen molar-refractivity contribution in [1.82, 2.24) is 0 Å². The molecule has 0 heterocycles. The Morgan fingerprint density at radius 1 is 0.839 bits per heavy atom. The molecule has 0 atom stereocenters. The summed E-state index contributed by atoms with van der Waals surface area (Å²) in [6.45, 7) is 19.3. The predicted octanol–water partition coefficient (Wildman–Crippen LogP) is 9.07. The molecule has 0 aliphatic carbocycles. The standard InChI is InChI=1S/C25H34ClNO.2ClH.Zr/c1-23(2,3)17-13-19(25(7,8)9)21(26)20(14-17)27-15-16-11-10-12-18(22(16)28)24(4,5)6;;;/h10-15,28H,1-9H3;2*1H;/q;;;+2/p-2. The Bertz CT molecular complexity index is 920. The van der Waals surface area contributed by atoms with Gasteiger partial charge in [0, 0.05) is 11.8 Å². The van der Waals surface area contributed by atoms with Gasteiger partial charge in [-0.05, 0) is 45.1 Å². The average molecular weight is 562 g/mol. The van der Waals surface area contributed by atoms with Crippen LogP contribution in [-0.2, 0) is 37.1 Å². The number of nitrogens with zero attached hydrogens (tertiary/aromatic N) is 1. The number of aromatic hydroxyl groups is 1. The van der Waals surface area contributed by atoms with Crippen LogP contribution in [0.5, 0.6) is 5.75 Å². The van der Waals surface area contributed by atoms with E-state index in [1.165, 1.54) is 5.56 Å². The van der Waals surface area contributed by atoms with Gasteiger partial charge in [-0.25, -0.2) is 0 Å². The summed E-state index contributed by atoms with van der Waals surface area (Å²) in [4.78, 5) is 4.69. The summed E-state index contributed by atoms with van der Waals surface area (Å²) in [7, 11) is 9.87. The summed E-state index contributed by atoms with van der Waals surface area (Å²) >= 11 is 5.92. The predicted molar refractivity (Wildman–Crippen MR) is 135 cm³/mol. The fraction of sp³-hybridized carbons (Fsp3) is 0.480. The van der Waals surface area contributed by atoms with E-state index in [0.717, 1.165) is 16.8 Å². The monoisotopic (exact) mass is 559 g/mol. The molecule has 0 bridgehead atoms. The molecule has 2 aromatic rings. The van der Waals surface area contributed by atoms with Gasteiger partial charge in [-0.2, -0.15) is 0 Å². The van der Waals surface area contributed by atoms with Crippen molar-refractivity contribution in [1.29, 1.82) is 0 Å². The van der Waals surface area contributed by atoms with Crippen molar-refractivity contribution in [2.45, 2.75) is 78.6 Å². The summed E-state index contributed by atoms with van der Waals surface area (Å²) in [6, 6.07) is 10.0. The zero-order valence-electron chi connectivity index (χ0n) is 20.0. The topological polar surface area (TPSA) is 32.6 Å². The summed E-state index contributed by atoms with van der Waals surface area (Å²) in [5.74, 6) is 0.276. The second-order valence-corrected chi connectivity index (χ2v) is 14.8. The third kappa shape index (κ3) is 8.18. The van der Waals surface area contributed by atoms with Gasteiger partial charge in [0.25, 0.3) is 0 Å². The number of benzene rings is 2. The van der Waals surface area contributed by atoms with Gasteiger partial charge < -0.3 is 5.11 Å². The van der Waals surface area contributed by atoms with Crippen LogP contribution in [0, 0.1) is 0 Å². The molecule has 1 N–H and O–H groups in total. The number of para-hydroxylation sites is 1. The number of rotatable bonds is 2. The van der Waals surface area contributed by atoms with Crippen LogP contribution in [0.1, 0.15) is 84.6 Å². The summed E-state index contributed by atoms with van der Waals surface area (Å²) in [5.41, 5.74) is 4.38. The fourth-order valence-corrected chi connectivity index (χ4v) is 3.53. The molecular weight excluding hydrogens is 528 g/mol. The number of halogens is 3. The SMILES string of the molecule is CC(C)(C)c1cc(N=Cc2cccc(C(C)(C)C)c2O)c(Cl)c(C(C)(C)C)c1.[Cl][Zr][Cl]. The van der Waals surface area contributed by atoms with Gasteiger partial charge >= 0.3 is 37.9 Å². The number of hydrogen-bond donors (Lipinski definition) is 1. The van der Waals surface area contributed by atoms with E-state index in [0.29, 0.717) is 10.6 Å². The first-order valence-corrected chi connectivity index (χ1v) is 16.9. The fourth-order valence-electron chi connectivity index (χ4n) is 3.09. The number of phenolic OH excluding ortho intramolecular Hbond substituents is 1. The molecule has 6 heteroatoms. The summed E-state index contributed by atoms with van der Waals surface area (Å²) in [5, 5.41) is 11.4. The van der Waals surface area contributed by atoms with Crippen LogP contribution < -0.4 is 0 Å². The number of aliphatic imine (C=N–C) groups is 1. The molecule has 2 aromatic carbocycles. The number of hydrogen-bond acceptors (Lipinski definition) is 2. The first-order chi connectivity index (χ1) is 14.0. The average Bonchev–Trinajstić information content (AvgIpc) is 2.59. The molecular formula is C25H34Cl3NOZr. The van der Waals surface area contributed by atoms with Crippen LogP contribution in [0.15, 0.2) is 35.3 Å². The van der Waals surface area contributed by atoms with Crippen molar-refractivity contribution < 1.29 is 26.0 Å². The van der Waals surface area contributed by atoms with Crippen LogP contribution >= 0.6 is 28.6 Å². The van der Waals surface area contributed by atoms with E-state index in [9.17, 15) is 5.11 Å². The Morgan fingerprint density at radius 2 is 1.35 bits per heavy atom. The zero-order valence-corrected chi connectivity index (χ0v) is 24.7. The minimum atomic E-state index is -0.826. The molecule has 0 aromatic heterocycles. The molecule has 2 nitrogen and oxygen atoms in total. The molecule has 0 unspecified atom stereocenters. The summed E-state index contributed by atoms with van der Waals surface area (Å²) in [6.07, 6.45) is 1.71. The van der Waals surface area contributed by atoms with Gasteiger partial charge in [-0.3, -0.25) is 4.99 Å². The van der Waals surface area contributed by atoms with Crippen LogP contribution in [0.3, 0.4) is 0 Å². The molecule has 0 aliphatic rings. The van der Waals surface area contributed by atoms with E-state index in [1.54, 1.807) is 6.21 Å². The first-order valence-electron chi connectivity index (χ1n) is 10.2. The van der Waals surface area contributed by atoms with Crippen molar-refractivity contribution in [2.24, 2.45) is 4.99 Å². The van der Waals surface area contributed by atoms with E-state index >= 15 is 0 Å². The van der Waals surface area contributed by atoms with E-state index in [2.05, 4.69) is 74.4 Å². The van der Waals surface area contributed by atoms with E-state index < -0.39 is 20.8 Å². The molecule has 31 heavy (non-hydrogen) atoms. The Balaban J connectivity index is 0.00000151. The maximum atomic E-state index is 10.7. The van der Waals surface area contributed by atoms with Crippen molar-refractivity contribution in [3.8, 4) is 5.75 Å².